The van der Waals surface area contributed by atoms with Crippen LogP contribution in [0.25, 0.3) is 0 Å². The van der Waals surface area contributed by atoms with E-state index in [0.29, 0.717) is 12.6 Å². The van der Waals surface area contributed by atoms with Crippen molar-refractivity contribution in [3.05, 3.63) is 46.4 Å². The fourth-order valence-electron chi connectivity index (χ4n) is 1.74. The fraction of sp³-hybridized carbons (Fsp3) is 0.357. The number of ether oxygens (including phenoxy) is 1. The van der Waals surface area contributed by atoms with Gasteiger partial charge in [0, 0.05) is 11.4 Å². The van der Waals surface area contributed by atoms with Gasteiger partial charge in [-0.1, -0.05) is 19.1 Å². The molecule has 1 unspecified atom stereocenters. The molecule has 1 N–H and O–H groups in total. The Morgan fingerprint density at radius 1 is 1.33 bits per heavy atom. The van der Waals surface area contributed by atoms with Gasteiger partial charge in [0.1, 0.15) is 12.4 Å². The molecule has 0 aliphatic heterocycles. The van der Waals surface area contributed by atoms with Crippen molar-refractivity contribution in [3.8, 4) is 5.75 Å². The van der Waals surface area contributed by atoms with E-state index >= 15 is 0 Å². The summed E-state index contributed by atoms with van der Waals surface area (Å²) in [7, 11) is 0. The number of benzene rings is 1. The summed E-state index contributed by atoms with van der Waals surface area (Å²) in [6.45, 7) is 5.78. The minimum atomic E-state index is 0.377. The van der Waals surface area contributed by atoms with Crippen molar-refractivity contribution in [3.63, 3.8) is 0 Å². The highest BCUT2D eigenvalue weighted by Gasteiger charge is 2.03. The number of nitrogens with one attached hydrogen (secondary N) is 1. The van der Waals surface area contributed by atoms with E-state index in [-0.39, 0.29) is 0 Å². The molecule has 2 rings (SSSR count). The van der Waals surface area contributed by atoms with Gasteiger partial charge in [0.05, 0.1) is 11.2 Å². The van der Waals surface area contributed by atoms with E-state index < -0.39 is 0 Å². The molecule has 0 aliphatic carbocycles. The molecular formula is C14H18N2OS. The number of aromatic nitrogens is 1. The zero-order valence-electron chi connectivity index (χ0n) is 10.7. The lowest BCUT2D eigenvalue weighted by atomic mass is 10.1. The maximum atomic E-state index is 5.67. The molecule has 2 aromatic rings. The first-order chi connectivity index (χ1) is 8.79. The molecule has 0 saturated carbocycles. The molecular weight excluding hydrogens is 244 g/mol. The van der Waals surface area contributed by atoms with E-state index in [4.69, 9.17) is 4.74 Å². The van der Waals surface area contributed by atoms with Gasteiger partial charge in [0.2, 0.25) is 0 Å². The van der Waals surface area contributed by atoms with Crippen molar-refractivity contribution >= 4 is 11.3 Å². The zero-order valence-corrected chi connectivity index (χ0v) is 11.5. The highest BCUT2D eigenvalue weighted by molar-refractivity contribution is 7.07. The summed E-state index contributed by atoms with van der Waals surface area (Å²) < 4.78 is 5.67. The first-order valence-corrected chi connectivity index (χ1v) is 7.07. The van der Waals surface area contributed by atoms with Crippen molar-refractivity contribution in [1.82, 2.24) is 10.3 Å². The number of hydrogen-bond donors (Lipinski definition) is 1. The van der Waals surface area contributed by atoms with Gasteiger partial charge in [0.25, 0.3) is 0 Å². The van der Waals surface area contributed by atoms with E-state index in [1.807, 2.05) is 23.0 Å². The predicted molar refractivity (Wildman–Crippen MR) is 75.0 cm³/mol. The SMILES string of the molecule is CCNC(C)c1ccc(OCc2cscn2)cc1. The molecule has 0 bridgehead atoms. The first kappa shape index (κ1) is 13.1. The molecule has 1 aromatic heterocycles. The Balaban J connectivity index is 1.91. The molecule has 0 fully saturated rings. The lowest BCUT2D eigenvalue weighted by Gasteiger charge is -2.13. The lowest BCUT2D eigenvalue weighted by molar-refractivity contribution is 0.302. The molecule has 1 atom stereocenters. The molecule has 1 heterocycles. The van der Waals surface area contributed by atoms with E-state index in [0.717, 1.165) is 18.0 Å². The Hall–Kier alpha value is -1.39. The van der Waals surface area contributed by atoms with Crippen molar-refractivity contribution in [1.29, 1.82) is 0 Å². The standard InChI is InChI=1S/C14H18N2OS/c1-3-15-11(2)12-4-6-14(7-5-12)17-8-13-9-18-10-16-13/h4-7,9-11,15H,3,8H2,1-2H3. The second kappa shape index (κ2) is 6.52. The van der Waals surface area contributed by atoms with Gasteiger partial charge >= 0.3 is 0 Å². The van der Waals surface area contributed by atoms with E-state index in [1.165, 1.54) is 5.56 Å². The van der Waals surface area contributed by atoms with Crippen LogP contribution in [0, 0.1) is 0 Å². The largest absolute Gasteiger partial charge is 0.487 e. The van der Waals surface area contributed by atoms with Crippen LogP contribution in [0.4, 0.5) is 0 Å². The molecule has 1 aromatic carbocycles. The van der Waals surface area contributed by atoms with E-state index in [2.05, 4.69) is 36.3 Å². The van der Waals surface area contributed by atoms with Gasteiger partial charge in [0.15, 0.2) is 0 Å². The fourth-order valence-corrected chi connectivity index (χ4v) is 2.29. The molecule has 0 spiro atoms. The van der Waals surface area contributed by atoms with Crippen molar-refractivity contribution in [2.24, 2.45) is 0 Å². The molecule has 18 heavy (non-hydrogen) atoms. The van der Waals surface area contributed by atoms with Crippen LogP contribution in [-0.2, 0) is 6.61 Å². The summed E-state index contributed by atoms with van der Waals surface area (Å²) in [4.78, 5) is 4.18. The Morgan fingerprint density at radius 2 is 2.11 bits per heavy atom. The van der Waals surface area contributed by atoms with Crippen LogP contribution in [-0.4, -0.2) is 11.5 Å². The quantitative estimate of drug-likeness (QED) is 0.866. The molecule has 0 aliphatic rings. The molecule has 3 nitrogen and oxygen atoms in total. The number of thiazole rings is 1. The van der Waals surface area contributed by atoms with Gasteiger partial charge < -0.3 is 10.1 Å². The normalized spacial score (nSPS) is 12.3. The summed E-state index contributed by atoms with van der Waals surface area (Å²) in [6, 6.07) is 8.60. The van der Waals surface area contributed by atoms with Gasteiger partial charge in [-0.15, -0.1) is 11.3 Å². The third-order valence-corrected chi connectivity index (χ3v) is 3.40. The van der Waals surface area contributed by atoms with Crippen LogP contribution < -0.4 is 10.1 Å². The maximum Gasteiger partial charge on any atom is 0.131 e. The number of hydrogen-bond acceptors (Lipinski definition) is 4. The lowest BCUT2D eigenvalue weighted by Crippen LogP contribution is -2.17. The van der Waals surface area contributed by atoms with Gasteiger partial charge in [-0.25, -0.2) is 4.98 Å². The van der Waals surface area contributed by atoms with Gasteiger partial charge in [-0.3, -0.25) is 0 Å². The van der Waals surface area contributed by atoms with Crippen LogP contribution in [0.5, 0.6) is 5.75 Å². The second-order valence-electron chi connectivity index (χ2n) is 4.12. The zero-order chi connectivity index (χ0) is 12.8. The van der Waals surface area contributed by atoms with Gasteiger partial charge in [-0.05, 0) is 31.2 Å². The Bertz CT molecular complexity index is 453. The first-order valence-electron chi connectivity index (χ1n) is 6.12. The number of nitrogens with zero attached hydrogens (tertiary/aromatic N) is 1. The summed E-state index contributed by atoms with van der Waals surface area (Å²) in [5.41, 5.74) is 4.07. The topological polar surface area (TPSA) is 34.1 Å². The van der Waals surface area contributed by atoms with Crippen molar-refractivity contribution < 1.29 is 4.74 Å². The monoisotopic (exact) mass is 262 g/mol. The molecule has 0 radical (unpaired) electrons. The highest BCUT2D eigenvalue weighted by Crippen LogP contribution is 2.18. The van der Waals surface area contributed by atoms with Crippen LogP contribution in [0.1, 0.15) is 31.1 Å². The Labute approximate surface area is 112 Å². The number of rotatable bonds is 6. The maximum absolute atomic E-state index is 5.67. The van der Waals surface area contributed by atoms with Crippen molar-refractivity contribution in [2.75, 3.05) is 6.54 Å². The summed E-state index contributed by atoms with van der Waals surface area (Å²) in [5.74, 6) is 0.885. The van der Waals surface area contributed by atoms with Crippen LogP contribution in [0.2, 0.25) is 0 Å². The average molecular weight is 262 g/mol. The second-order valence-corrected chi connectivity index (χ2v) is 4.84. The minimum absolute atomic E-state index is 0.377. The Kier molecular flexibility index (Phi) is 4.73. The van der Waals surface area contributed by atoms with Crippen LogP contribution in [0.15, 0.2) is 35.2 Å². The van der Waals surface area contributed by atoms with E-state index in [1.54, 1.807) is 11.3 Å². The molecule has 0 amide bonds. The highest BCUT2D eigenvalue weighted by atomic mass is 32.1. The van der Waals surface area contributed by atoms with Crippen molar-refractivity contribution in [2.45, 2.75) is 26.5 Å². The minimum Gasteiger partial charge on any atom is -0.487 e. The smallest absolute Gasteiger partial charge is 0.131 e. The molecule has 0 saturated heterocycles. The van der Waals surface area contributed by atoms with Crippen LogP contribution >= 0.6 is 11.3 Å². The summed E-state index contributed by atoms with van der Waals surface area (Å²) in [6.07, 6.45) is 0. The Morgan fingerprint density at radius 3 is 2.72 bits per heavy atom. The molecule has 96 valence electrons. The predicted octanol–water partition coefficient (Wildman–Crippen LogP) is 3.39. The summed E-state index contributed by atoms with van der Waals surface area (Å²) in [5, 5.41) is 5.39. The third-order valence-electron chi connectivity index (χ3n) is 2.76. The van der Waals surface area contributed by atoms with Gasteiger partial charge in [-0.2, -0.15) is 0 Å². The summed E-state index contributed by atoms with van der Waals surface area (Å²) >= 11 is 1.59. The molecule has 4 heteroatoms. The third kappa shape index (κ3) is 3.55. The van der Waals surface area contributed by atoms with Crippen LogP contribution in [0.3, 0.4) is 0 Å². The van der Waals surface area contributed by atoms with E-state index in [9.17, 15) is 0 Å². The average Bonchev–Trinajstić information content (AvgIpc) is 2.90.